The van der Waals surface area contributed by atoms with E-state index in [1.54, 1.807) is 0 Å². The summed E-state index contributed by atoms with van der Waals surface area (Å²) in [5.41, 5.74) is 4.10. The third-order valence-corrected chi connectivity index (χ3v) is 7.37. The molecule has 5 rings (SSSR count). The van der Waals surface area contributed by atoms with Crippen molar-refractivity contribution in [1.29, 1.82) is 0 Å². The molecule has 28 heavy (non-hydrogen) atoms. The van der Waals surface area contributed by atoms with E-state index in [1.807, 2.05) is 6.20 Å². The summed E-state index contributed by atoms with van der Waals surface area (Å²) in [6.07, 6.45) is 17.5. The van der Waals surface area contributed by atoms with E-state index in [9.17, 15) is 0 Å². The minimum absolute atomic E-state index is 0.162. The summed E-state index contributed by atoms with van der Waals surface area (Å²) in [6, 6.07) is 11.5. The molecule has 148 valence electrons. The number of hydrogen-bond donors (Lipinski definition) is 0. The largest absolute Gasteiger partial charge is 0.490 e. The lowest BCUT2D eigenvalue weighted by molar-refractivity contribution is 0.119. The second kappa shape index (κ2) is 7.51. The molecule has 3 fully saturated rings. The number of aromatic nitrogens is 1. The highest BCUT2D eigenvalue weighted by atomic mass is 16.5. The average molecular weight is 377 g/mol. The van der Waals surface area contributed by atoms with E-state index in [-0.39, 0.29) is 5.54 Å². The van der Waals surface area contributed by atoms with Crippen LogP contribution in [0.2, 0.25) is 0 Å². The van der Waals surface area contributed by atoms with Crippen LogP contribution in [0.25, 0.3) is 11.1 Å². The van der Waals surface area contributed by atoms with Crippen molar-refractivity contribution in [2.45, 2.75) is 81.9 Å². The van der Waals surface area contributed by atoms with Crippen molar-refractivity contribution >= 4 is 0 Å². The van der Waals surface area contributed by atoms with Crippen molar-refractivity contribution in [3.05, 3.63) is 48.3 Å². The Kier molecular flexibility index (Phi) is 4.88. The summed E-state index contributed by atoms with van der Waals surface area (Å²) < 4.78 is 6.37. The molecule has 1 heterocycles. The fraction of sp³-hybridized carbons (Fsp3) is 0.560. The van der Waals surface area contributed by atoms with Crippen LogP contribution in [0.4, 0.5) is 0 Å². The normalized spacial score (nSPS) is 22.1. The van der Waals surface area contributed by atoms with Crippen LogP contribution in [0.3, 0.4) is 0 Å². The summed E-state index contributed by atoms with van der Waals surface area (Å²) in [5.74, 6) is 1.04. The van der Waals surface area contributed by atoms with Gasteiger partial charge in [-0.05, 0) is 75.3 Å². The molecule has 0 aliphatic heterocycles. The van der Waals surface area contributed by atoms with Crippen LogP contribution in [-0.4, -0.2) is 29.1 Å². The van der Waals surface area contributed by atoms with Gasteiger partial charge in [-0.25, -0.2) is 0 Å². The van der Waals surface area contributed by atoms with Gasteiger partial charge in [-0.3, -0.25) is 9.88 Å². The predicted octanol–water partition coefficient (Wildman–Crippen LogP) is 5.93. The zero-order valence-electron chi connectivity index (χ0n) is 17.1. The Hall–Kier alpha value is -1.87. The summed E-state index contributed by atoms with van der Waals surface area (Å²) in [5, 5.41) is 0. The van der Waals surface area contributed by atoms with Gasteiger partial charge in [-0.1, -0.05) is 37.5 Å². The Morgan fingerprint density at radius 3 is 2.43 bits per heavy atom. The second-order valence-corrected chi connectivity index (χ2v) is 9.02. The molecule has 3 aliphatic carbocycles. The van der Waals surface area contributed by atoms with Crippen molar-refractivity contribution in [1.82, 2.24) is 9.88 Å². The Morgan fingerprint density at radius 2 is 1.71 bits per heavy atom. The zero-order chi connectivity index (χ0) is 19.0. The molecule has 0 spiro atoms. The number of pyridine rings is 1. The number of nitrogens with zero attached hydrogens (tertiary/aromatic N) is 2. The van der Waals surface area contributed by atoms with Crippen LogP contribution in [0.5, 0.6) is 5.75 Å². The van der Waals surface area contributed by atoms with Crippen molar-refractivity contribution in [2.75, 3.05) is 7.05 Å². The van der Waals surface area contributed by atoms with Crippen LogP contribution in [0.1, 0.15) is 69.8 Å². The number of para-hydroxylation sites is 1. The second-order valence-electron chi connectivity index (χ2n) is 9.02. The van der Waals surface area contributed by atoms with E-state index in [1.165, 1.54) is 80.9 Å². The lowest BCUT2D eigenvalue weighted by Gasteiger charge is -2.38. The SMILES string of the molecule is CN(C1CCCCC1)C1(c2cnccc2-c2ccccc2OC2CCC2)CC1. The summed E-state index contributed by atoms with van der Waals surface area (Å²) >= 11 is 0. The van der Waals surface area contributed by atoms with Gasteiger partial charge in [0.15, 0.2) is 0 Å². The number of hydrogen-bond acceptors (Lipinski definition) is 3. The Bertz CT molecular complexity index is 819. The summed E-state index contributed by atoms with van der Waals surface area (Å²) in [6.45, 7) is 0. The molecular formula is C25H32N2O. The third kappa shape index (κ3) is 3.24. The Morgan fingerprint density at radius 1 is 0.929 bits per heavy atom. The average Bonchev–Trinajstić information content (AvgIpc) is 3.53. The fourth-order valence-corrected chi connectivity index (χ4v) is 5.21. The third-order valence-electron chi connectivity index (χ3n) is 7.37. The van der Waals surface area contributed by atoms with Gasteiger partial charge in [0, 0.05) is 29.5 Å². The van der Waals surface area contributed by atoms with Crippen molar-refractivity contribution < 1.29 is 4.74 Å². The minimum atomic E-state index is 0.162. The lowest BCUT2D eigenvalue weighted by Crippen LogP contribution is -2.41. The van der Waals surface area contributed by atoms with Crippen LogP contribution >= 0.6 is 0 Å². The van der Waals surface area contributed by atoms with Crippen LogP contribution in [0, 0.1) is 0 Å². The van der Waals surface area contributed by atoms with Gasteiger partial charge >= 0.3 is 0 Å². The molecule has 1 aromatic heterocycles. The van der Waals surface area contributed by atoms with Gasteiger partial charge in [-0.2, -0.15) is 0 Å². The standard InChI is InChI=1S/C25H32N2O/c1-27(19-8-3-2-4-9-19)25(15-16-25)23-18-26-17-14-21(23)22-12-5-6-13-24(22)28-20-10-7-11-20/h5-6,12-14,17-20H,2-4,7-11,15-16H2,1H3. The maximum absolute atomic E-state index is 6.37. The maximum Gasteiger partial charge on any atom is 0.127 e. The molecular weight excluding hydrogens is 344 g/mol. The Balaban J connectivity index is 1.50. The summed E-state index contributed by atoms with van der Waals surface area (Å²) in [4.78, 5) is 7.25. The molecule has 0 atom stereocenters. The highest BCUT2D eigenvalue weighted by molar-refractivity contribution is 5.74. The molecule has 3 nitrogen and oxygen atoms in total. The number of ether oxygens (including phenoxy) is 1. The molecule has 0 amide bonds. The fourth-order valence-electron chi connectivity index (χ4n) is 5.21. The van der Waals surface area contributed by atoms with Gasteiger partial charge in [-0.15, -0.1) is 0 Å². The van der Waals surface area contributed by atoms with Crippen LogP contribution in [0.15, 0.2) is 42.7 Å². The van der Waals surface area contributed by atoms with Crippen molar-refractivity contribution in [3.63, 3.8) is 0 Å². The van der Waals surface area contributed by atoms with E-state index in [0.29, 0.717) is 12.1 Å². The molecule has 3 saturated carbocycles. The minimum Gasteiger partial charge on any atom is -0.490 e. The molecule has 0 bridgehead atoms. The van der Waals surface area contributed by atoms with Gasteiger partial charge in [0.1, 0.15) is 5.75 Å². The Labute approximate surface area is 169 Å². The molecule has 1 aromatic carbocycles. The molecule has 2 aromatic rings. The van der Waals surface area contributed by atoms with Crippen molar-refractivity contribution in [2.24, 2.45) is 0 Å². The first-order valence-electron chi connectivity index (χ1n) is 11.2. The van der Waals surface area contributed by atoms with E-state index in [2.05, 4.69) is 53.5 Å². The first-order chi connectivity index (χ1) is 13.8. The molecule has 0 radical (unpaired) electrons. The molecule has 3 aliphatic rings. The van der Waals surface area contributed by atoms with Gasteiger partial charge < -0.3 is 4.74 Å². The van der Waals surface area contributed by atoms with E-state index >= 15 is 0 Å². The smallest absolute Gasteiger partial charge is 0.127 e. The van der Waals surface area contributed by atoms with E-state index in [4.69, 9.17) is 4.74 Å². The van der Waals surface area contributed by atoms with Crippen molar-refractivity contribution in [3.8, 4) is 16.9 Å². The topological polar surface area (TPSA) is 25.4 Å². The highest BCUT2D eigenvalue weighted by Gasteiger charge is 2.51. The highest BCUT2D eigenvalue weighted by Crippen LogP contribution is 2.55. The first kappa shape index (κ1) is 18.2. The maximum atomic E-state index is 6.37. The van der Waals surface area contributed by atoms with Gasteiger partial charge in [0.05, 0.1) is 6.10 Å². The monoisotopic (exact) mass is 376 g/mol. The molecule has 0 unspecified atom stereocenters. The summed E-state index contributed by atoms with van der Waals surface area (Å²) in [7, 11) is 2.36. The molecule has 0 N–H and O–H groups in total. The quantitative estimate of drug-likeness (QED) is 0.624. The number of benzene rings is 1. The van der Waals surface area contributed by atoms with E-state index in [0.717, 1.165) is 5.75 Å². The zero-order valence-corrected chi connectivity index (χ0v) is 17.1. The predicted molar refractivity (Wildman–Crippen MR) is 113 cm³/mol. The molecule has 3 heteroatoms. The van der Waals surface area contributed by atoms with Gasteiger partial charge in [0.25, 0.3) is 0 Å². The van der Waals surface area contributed by atoms with Crippen LogP contribution in [-0.2, 0) is 5.54 Å². The number of rotatable bonds is 6. The first-order valence-corrected chi connectivity index (χ1v) is 11.2. The van der Waals surface area contributed by atoms with Gasteiger partial charge in [0.2, 0.25) is 0 Å². The van der Waals surface area contributed by atoms with E-state index < -0.39 is 0 Å². The molecule has 0 saturated heterocycles. The van der Waals surface area contributed by atoms with Crippen LogP contribution < -0.4 is 4.74 Å². The lowest BCUT2D eigenvalue weighted by atomic mass is 9.89.